The lowest BCUT2D eigenvalue weighted by atomic mass is 10.1. The molecule has 1 amide bonds. The van der Waals surface area contributed by atoms with Crippen LogP contribution in [0.3, 0.4) is 0 Å². The smallest absolute Gasteiger partial charge is 0.341 e. The molecule has 4 heterocycles. The molecule has 4 aromatic heterocycles. The fourth-order valence-corrected chi connectivity index (χ4v) is 5.77. The Balaban J connectivity index is 1.45. The van der Waals surface area contributed by atoms with Crippen molar-refractivity contribution in [1.82, 2.24) is 14.8 Å². The second-order valence-corrected chi connectivity index (χ2v) is 9.19. The number of rotatable bonds is 5. The fourth-order valence-electron chi connectivity index (χ4n) is 4.48. The predicted octanol–water partition coefficient (Wildman–Crippen LogP) is 4.76. The highest BCUT2D eigenvalue weighted by Crippen LogP contribution is 2.38. The predicted molar refractivity (Wildman–Crippen MR) is 126 cm³/mol. The highest BCUT2D eigenvalue weighted by atomic mass is 32.1. The van der Waals surface area contributed by atoms with Crippen molar-refractivity contribution >= 4 is 39.2 Å². The number of hydrogen-bond acceptors (Lipinski definition) is 7. The van der Waals surface area contributed by atoms with Crippen LogP contribution in [0.4, 0.5) is 5.00 Å². The van der Waals surface area contributed by atoms with Gasteiger partial charge in [-0.05, 0) is 56.4 Å². The van der Waals surface area contributed by atoms with Crippen molar-refractivity contribution in [3.05, 3.63) is 52.4 Å². The Labute approximate surface area is 194 Å². The van der Waals surface area contributed by atoms with Gasteiger partial charge in [0.1, 0.15) is 17.3 Å². The van der Waals surface area contributed by atoms with Gasteiger partial charge in [-0.3, -0.25) is 4.79 Å². The average Bonchev–Trinajstić information content (AvgIpc) is 3.49. The van der Waals surface area contributed by atoms with Gasteiger partial charge in [0.2, 0.25) is 5.91 Å². The summed E-state index contributed by atoms with van der Waals surface area (Å²) < 4.78 is 12.2. The zero-order valence-electron chi connectivity index (χ0n) is 18.5. The van der Waals surface area contributed by atoms with Crippen molar-refractivity contribution < 1.29 is 18.7 Å². The maximum absolute atomic E-state index is 13.0. The summed E-state index contributed by atoms with van der Waals surface area (Å²) >= 11 is 1.48. The fraction of sp³-hybridized carbons (Fsp3) is 0.333. The van der Waals surface area contributed by atoms with Gasteiger partial charge in [0.25, 0.3) is 0 Å². The van der Waals surface area contributed by atoms with Gasteiger partial charge in [-0.15, -0.1) is 11.3 Å². The normalized spacial score (nSPS) is 13.5. The number of aryl methyl sites for hydroxylation is 2. The van der Waals surface area contributed by atoms with Crippen LogP contribution < -0.4 is 5.32 Å². The number of amides is 1. The SMILES string of the molecule is COC(=O)c1c(NC(=O)Cn2nc(C)c3c(-c4ccco4)ccnc32)sc2c1CCCCC2. The quantitative estimate of drug-likeness (QED) is 0.338. The first-order valence-corrected chi connectivity index (χ1v) is 11.8. The third kappa shape index (κ3) is 3.93. The molecule has 170 valence electrons. The van der Waals surface area contributed by atoms with E-state index in [2.05, 4.69) is 15.4 Å². The highest BCUT2D eigenvalue weighted by Gasteiger charge is 2.26. The van der Waals surface area contributed by atoms with Crippen molar-refractivity contribution in [1.29, 1.82) is 0 Å². The van der Waals surface area contributed by atoms with Gasteiger partial charge in [0.15, 0.2) is 5.65 Å². The number of furan rings is 1. The summed E-state index contributed by atoms with van der Waals surface area (Å²) in [6, 6.07) is 5.59. The lowest BCUT2D eigenvalue weighted by Gasteiger charge is -2.08. The van der Waals surface area contributed by atoms with Crippen LogP contribution in [0.15, 0.2) is 35.1 Å². The van der Waals surface area contributed by atoms with Crippen LogP contribution in [0.25, 0.3) is 22.4 Å². The first-order valence-electron chi connectivity index (χ1n) is 11.0. The van der Waals surface area contributed by atoms with E-state index < -0.39 is 5.97 Å². The van der Waals surface area contributed by atoms with Crippen LogP contribution in [0.1, 0.15) is 45.8 Å². The van der Waals surface area contributed by atoms with Crippen LogP contribution >= 0.6 is 11.3 Å². The summed E-state index contributed by atoms with van der Waals surface area (Å²) in [7, 11) is 1.37. The number of ether oxygens (including phenoxy) is 1. The molecule has 0 spiro atoms. The Morgan fingerprint density at radius 1 is 1.24 bits per heavy atom. The van der Waals surface area contributed by atoms with E-state index in [4.69, 9.17) is 9.15 Å². The Morgan fingerprint density at radius 2 is 2.09 bits per heavy atom. The zero-order valence-corrected chi connectivity index (χ0v) is 19.3. The van der Waals surface area contributed by atoms with Crippen molar-refractivity contribution in [3.63, 3.8) is 0 Å². The molecule has 5 rings (SSSR count). The van der Waals surface area contributed by atoms with E-state index in [1.165, 1.54) is 18.4 Å². The van der Waals surface area contributed by atoms with Crippen LogP contribution in [-0.2, 0) is 28.9 Å². The number of fused-ring (bicyclic) bond motifs is 2. The molecule has 4 aromatic rings. The monoisotopic (exact) mass is 464 g/mol. The molecule has 0 fully saturated rings. The Bertz CT molecular complexity index is 1340. The third-order valence-electron chi connectivity index (χ3n) is 5.95. The molecule has 0 atom stereocenters. The number of aromatic nitrogens is 3. The number of esters is 1. The number of thiophene rings is 1. The first-order chi connectivity index (χ1) is 16.1. The minimum absolute atomic E-state index is 0.0257. The Hall–Kier alpha value is -3.46. The van der Waals surface area contributed by atoms with Gasteiger partial charge >= 0.3 is 5.97 Å². The summed E-state index contributed by atoms with van der Waals surface area (Å²) in [4.78, 5) is 31.2. The van der Waals surface area contributed by atoms with E-state index in [0.29, 0.717) is 16.2 Å². The number of nitrogens with zero attached hydrogens (tertiary/aromatic N) is 3. The number of pyridine rings is 1. The maximum Gasteiger partial charge on any atom is 0.341 e. The molecule has 0 saturated carbocycles. The second-order valence-electron chi connectivity index (χ2n) is 8.09. The number of methoxy groups -OCH3 is 1. The van der Waals surface area contributed by atoms with Gasteiger partial charge in [-0.2, -0.15) is 5.10 Å². The lowest BCUT2D eigenvalue weighted by Crippen LogP contribution is -2.20. The molecular weight excluding hydrogens is 440 g/mol. The number of anilines is 1. The van der Waals surface area contributed by atoms with E-state index >= 15 is 0 Å². The average molecular weight is 465 g/mol. The second kappa shape index (κ2) is 8.82. The van der Waals surface area contributed by atoms with Crippen molar-refractivity contribution in [3.8, 4) is 11.3 Å². The van der Waals surface area contributed by atoms with Gasteiger partial charge in [-0.25, -0.2) is 14.5 Å². The number of carbonyl (C=O) groups excluding carboxylic acids is 2. The largest absolute Gasteiger partial charge is 0.465 e. The summed E-state index contributed by atoms with van der Waals surface area (Å²) in [5.74, 6) is 0.0401. The minimum atomic E-state index is -0.408. The van der Waals surface area contributed by atoms with Gasteiger partial charge < -0.3 is 14.5 Å². The summed E-state index contributed by atoms with van der Waals surface area (Å²) in [6.45, 7) is 1.86. The number of carbonyl (C=O) groups is 2. The molecular formula is C24H24N4O4S. The summed E-state index contributed by atoms with van der Waals surface area (Å²) in [6.07, 6.45) is 8.31. The standard InChI is InChI=1S/C24H24N4O4S/c1-14-20-15(17-8-6-12-32-17)10-11-25-22(20)28(27-14)13-19(29)26-23-21(24(30)31-2)16-7-4-3-5-9-18(16)33-23/h6,8,10-12H,3-5,7,9,13H2,1-2H3,(H,26,29). The molecule has 0 bridgehead atoms. The zero-order chi connectivity index (χ0) is 22.9. The van der Waals surface area contributed by atoms with Crippen LogP contribution in [0, 0.1) is 6.92 Å². The number of nitrogens with one attached hydrogen (secondary N) is 1. The van der Waals surface area contributed by atoms with E-state index in [1.807, 2.05) is 25.1 Å². The lowest BCUT2D eigenvalue weighted by molar-refractivity contribution is -0.116. The van der Waals surface area contributed by atoms with Crippen LogP contribution in [0.2, 0.25) is 0 Å². The molecule has 0 unspecified atom stereocenters. The van der Waals surface area contributed by atoms with Crippen LogP contribution in [0.5, 0.6) is 0 Å². The molecule has 1 aliphatic carbocycles. The van der Waals surface area contributed by atoms with Crippen LogP contribution in [-0.4, -0.2) is 33.8 Å². The van der Waals surface area contributed by atoms with Crippen molar-refractivity contribution in [2.75, 3.05) is 12.4 Å². The van der Waals surface area contributed by atoms with Crippen molar-refractivity contribution in [2.24, 2.45) is 0 Å². The highest BCUT2D eigenvalue weighted by molar-refractivity contribution is 7.17. The topological polar surface area (TPSA) is 99.2 Å². The summed E-state index contributed by atoms with van der Waals surface area (Å²) in [5.41, 5.74) is 3.75. The molecule has 9 heteroatoms. The minimum Gasteiger partial charge on any atom is -0.465 e. The van der Waals surface area contributed by atoms with E-state index in [-0.39, 0.29) is 12.5 Å². The molecule has 8 nitrogen and oxygen atoms in total. The van der Waals surface area contributed by atoms with Gasteiger partial charge in [0.05, 0.1) is 30.0 Å². The third-order valence-corrected chi connectivity index (χ3v) is 7.16. The van der Waals surface area contributed by atoms with Gasteiger partial charge in [0, 0.05) is 16.6 Å². The summed E-state index contributed by atoms with van der Waals surface area (Å²) in [5, 5.41) is 8.89. The molecule has 33 heavy (non-hydrogen) atoms. The van der Waals surface area contributed by atoms with Gasteiger partial charge in [-0.1, -0.05) is 6.42 Å². The molecule has 0 aromatic carbocycles. The maximum atomic E-state index is 13.0. The molecule has 0 saturated heterocycles. The number of hydrogen-bond donors (Lipinski definition) is 1. The molecule has 0 aliphatic heterocycles. The molecule has 0 radical (unpaired) electrons. The molecule has 1 N–H and O–H groups in total. The van der Waals surface area contributed by atoms with E-state index in [0.717, 1.165) is 64.9 Å². The van der Waals surface area contributed by atoms with Crippen molar-refractivity contribution in [2.45, 2.75) is 45.6 Å². The molecule has 1 aliphatic rings. The van der Waals surface area contributed by atoms with E-state index in [1.54, 1.807) is 17.1 Å². The Morgan fingerprint density at radius 3 is 2.88 bits per heavy atom. The van der Waals surface area contributed by atoms with E-state index in [9.17, 15) is 9.59 Å². The first kappa shape index (κ1) is 21.4. The Kier molecular flexibility index (Phi) is 5.72.